The number of carbonyl (C=O) groups is 4. The Kier molecular flexibility index (Phi) is 9.38. The first kappa shape index (κ1) is 32.6. The van der Waals surface area contributed by atoms with Crippen molar-refractivity contribution in [2.75, 3.05) is 0 Å². The molecule has 0 bridgehead atoms. The maximum absolute atomic E-state index is 13.2. The second-order valence-corrected chi connectivity index (χ2v) is 12.1. The fraction of sp³-hybridized carbons (Fsp3) is 0.263. The standard InChI is InChI=1S/C38H34O10/c39-33(25-13-5-1-6-14-25)45-29-21-37(43)23-31(47-35(41)27-17-9-3-10-18-27)32(48-36(42)28-19-11-4-12-20-28)24-38(37,44)22-30(29)46-34(40)26-15-7-2-8-16-26/h1-20,29-32,43-44H,21-24H2/t29-,30-,31+,32+,37?,38?. The largest absolute Gasteiger partial charge is 0.455 e. The first-order chi connectivity index (χ1) is 23.1. The van der Waals surface area contributed by atoms with Crippen molar-refractivity contribution in [2.45, 2.75) is 61.3 Å². The van der Waals surface area contributed by atoms with Crippen LogP contribution in [0.2, 0.25) is 0 Å². The average molecular weight is 651 g/mol. The molecule has 48 heavy (non-hydrogen) atoms. The smallest absolute Gasteiger partial charge is 0.338 e. The van der Waals surface area contributed by atoms with E-state index in [4.69, 9.17) is 18.9 Å². The van der Waals surface area contributed by atoms with E-state index < -0.39 is 59.5 Å². The van der Waals surface area contributed by atoms with E-state index >= 15 is 0 Å². The lowest BCUT2D eigenvalue weighted by atomic mass is 9.60. The minimum absolute atomic E-state index is 0.240. The number of fused-ring (bicyclic) bond motifs is 1. The quantitative estimate of drug-likeness (QED) is 0.199. The first-order valence-corrected chi connectivity index (χ1v) is 15.6. The van der Waals surface area contributed by atoms with Gasteiger partial charge in [0.15, 0.2) is 0 Å². The van der Waals surface area contributed by atoms with Gasteiger partial charge in [0.1, 0.15) is 35.6 Å². The number of hydrogen-bond donors (Lipinski definition) is 2. The predicted octanol–water partition coefficient (Wildman–Crippen LogP) is 4.94. The van der Waals surface area contributed by atoms with Crippen LogP contribution in [0.4, 0.5) is 0 Å². The molecule has 0 aliphatic heterocycles. The zero-order chi connectivity index (χ0) is 33.7. The highest BCUT2D eigenvalue weighted by Gasteiger charge is 2.64. The van der Waals surface area contributed by atoms with Crippen molar-refractivity contribution in [2.24, 2.45) is 0 Å². The van der Waals surface area contributed by atoms with Crippen molar-refractivity contribution in [1.29, 1.82) is 0 Å². The molecule has 6 rings (SSSR count). The molecule has 0 amide bonds. The van der Waals surface area contributed by atoms with Gasteiger partial charge in [-0.25, -0.2) is 19.2 Å². The second kappa shape index (κ2) is 13.8. The fourth-order valence-corrected chi connectivity index (χ4v) is 6.37. The Hall–Kier alpha value is -5.32. The van der Waals surface area contributed by atoms with Crippen molar-refractivity contribution in [3.05, 3.63) is 144 Å². The molecule has 0 heterocycles. The SMILES string of the molecule is O=C(O[C@H]1CC2(O)C[C@@H](OC(=O)c3ccccc3)[C@H](OC(=O)c3ccccc3)CC2(O)C[C@@H]1OC(=O)c1ccccc1)c1ccccc1. The van der Waals surface area contributed by atoms with Crippen molar-refractivity contribution in [3.8, 4) is 0 Å². The summed E-state index contributed by atoms with van der Waals surface area (Å²) in [6.07, 6.45) is -6.23. The minimum atomic E-state index is -2.01. The molecule has 10 nitrogen and oxygen atoms in total. The Labute approximate surface area is 276 Å². The van der Waals surface area contributed by atoms with Crippen molar-refractivity contribution in [3.63, 3.8) is 0 Å². The van der Waals surface area contributed by atoms with Crippen LogP contribution >= 0.6 is 0 Å². The molecule has 0 aromatic heterocycles. The Bertz CT molecular complexity index is 1490. The molecule has 2 N–H and O–H groups in total. The van der Waals surface area contributed by atoms with E-state index in [1.165, 1.54) is 0 Å². The van der Waals surface area contributed by atoms with E-state index in [0.29, 0.717) is 0 Å². The Morgan fingerprint density at radius 1 is 0.396 bits per heavy atom. The number of rotatable bonds is 8. The van der Waals surface area contributed by atoms with Crippen LogP contribution in [-0.2, 0) is 18.9 Å². The van der Waals surface area contributed by atoms with Gasteiger partial charge in [0.2, 0.25) is 0 Å². The zero-order valence-corrected chi connectivity index (χ0v) is 25.8. The van der Waals surface area contributed by atoms with Crippen molar-refractivity contribution < 1.29 is 48.3 Å². The summed E-state index contributed by atoms with van der Waals surface area (Å²) in [7, 11) is 0. The Morgan fingerprint density at radius 2 is 0.583 bits per heavy atom. The normalized spacial score (nSPS) is 26.3. The number of carbonyl (C=O) groups excluding carboxylic acids is 4. The fourth-order valence-electron chi connectivity index (χ4n) is 6.37. The van der Waals surface area contributed by atoms with E-state index in [1.54, 1.807) is 121 Å². The van der Waals surface area contributed by atoms with E-state index in [0.717, 1.165) is 0 Å². The lowest BCUT2D eigenvalue weighted by Crippen LogP contribution is -2.70. The average Bonchev–Trinajstić information content (AvgIpc) is 3.11. The number of hydrogen-bond acceptors (Lipinski definition) is 10. The molecule has 0 saturated heterocycles. The van der Waals surface area contributed by atoms with Crippen LogP contribution in [0.25, 0.3) is 0 Å². The summed E-state index contributed by atoms with van der Waals surface area (Å²) in [4.78, 5) is 52.8. The maximum Gasteiger partial charge on any atom is 0.338 e. The lowest BCUT2D eigenvalue weighted by molar-refractivity contribution is -0.265. The van der Waals surface area contributed by atoms with Gasteiger partial charge in [-0.1, -0.05) is 72.8 Å². The highest BCUT2D eigenvalue weighted by atomic mass is 16.6. The maximum atomic E-state index is 13.2. The molecule has 0 spiro atoms. The van der Waals surface area contributed by atoms with E-state index in [1.807, 2.05) is 0 Å². The van der Waals surface area contributed by atoms with Crippen LogP contribution in [0.5, 0.6) is 0 Å². The van der Waals surface area contributed by atoms with Gasteiger partial charge in [-0.15, -0.1) is 0 Å². The molecule has 10 heteroatoms. The van der Waals surface area contributed by atoms with Gasteiger partial charge in [0.05, 0.1) is 22.3 Å². The van der Waals surface area contributed by atoms with Gasteiger partial charge in [-0.05, 0) is 48.5 Å². The lowest BCUT2D eigenvalue weighted by Gasteiger charge is -2.56. The van der Waals surface area contributed by atoms with Crippen molar-refractivity contribution in [1.82, 2.24) is 0 Å². The van der Waals surface area contributed by atoms with Crippen LogP contribution in [0.1, 0.15) is 67.1 Å². The summed E-state index contributed by atoms with van der Waals surface area (Å²) in [5.41, 5.74) is -3.06. The number of ether oxygens (including phenoxy) is 4. The highest BCUT2D eigenvalue weighted by Crippen LogP contribution is 2.50. The molecule has 2 unspecified atom stereocenters. The molecular formula is C38H34O10. The topological polar surface area (TPSA) is 146 Å². The molecule has 0 radical (unpaired) electrons. The number of benzene rings is 4. The third kappa shape index (κ3) is 7.00. The van der Waals surface area contributed by atoms with Crippen LogP contribution < -0.4 is 0 Å². The third-order valence-corrected chi connectivity index (χ3v) is 8.92. The van der Waals surface area contributed by atoms with Gasteiger partial charge in [0, 0.05) is 25.7 Å². The minimum Gasteiger partial charge on any atom is -0.455 e. The van der Waals surface area contributed by atoms with Gasteiger partial charge < -0.3 is 29.2 Å². The van der Waals surface area contributed by atoms with Crippen LogP contribution in [0.3, 0.4) is 0 Å². The summed E-state index contributed by atoms with van der Waals surface area (Å²) < 4.78 is 23.4. The Morgan fingerprint density at radius 3 is 0.771 bits per heavy atom. The molecule has 246 valence electrons. The second-order valence-electron chi connectivity index (χ2n) is 12.1. The van der Waals surface area contributed by atoms with Gasteiger partial charge in [0.25, 0.3) is 0 Å². The third-order valence-electron chi connectivity index (χ3n) is 8.92. The Balaban J connectivity index is 1.31. The summed E-state index contributed by atoms with van der Waals surface area (Å²) in [5.74, 6) is -2.86. The van der Waals surface area contributed by atoms with E-state index in [-0.39, 0.29) is 47.9 Å². The van der Waals surface area contributed by atoms with Crippen LogP contribution in [-0.4, -0.2) is 69.7 Å². The summed E-state index contributed by atoms with van der Waals surface area (Å²) in [6.45, 7) is 0. The molecule has 4 aromatic carbocycles. The van der Waals surface area contributed by atoms with Gasteiger partial charge in [-0.2, -0.15) is 0 Å². The monoisotopic (exact) mass is 650 g/mol. The van der Waals surface area contributed by atoms with E-state index in [9.17, 15) is 29.4 Å². The van der Waals surface area contributed by atoms with Gasteiger partial charge >= 0.3 is 23.9 Å². The van der Waals surface area contributed by atoms with Crippen LogP contribution in [0, 0.1) is 0 Å². The molecule has 4 aromatic rings. The molecule has 2 fully saturated rings. The number of esters is 4. The van der Waals surface area contributed by atoms with E-state index in [2.05, 4.69) is 0 Å². The first-order valence-electron chi connectivity index (χ1n) is 15.6. The molecule has 6 atom stereocenters. The molecule has 2 aliphatic carbocycles. The van der Waals surface area contributed by atoms with Crippen LogP contribution in [0.15, 0.2) is 121 Å². The molecule has 2 saturated carbocycles. The summed E-state index contributed by atoms with van der Waals surface area (Å²) in [6, 6.07) is 32.8. The summed E-state index contributed by atoms with van der Waals surface area (Å²) >= 11 is 0. The van der Waals surface area contributed by atoms with Crippen molar-refractivity contribution >= 4 is 23.9 Å². The summed E-state index contributed by atoms with van der Waals surface area (Å²) in [5, 5.41) is 24.4. The van der Waals surface area contributed by atoms with Gasteiger partial charge in [-0.3, -0.25) is 0 Å². The predicted molar refractivity (Wildman–Crippen MR) is 171 cm³/mol. The zero-order valence-electron chi connectivity index (χ0n) is 25.8. The number of aliphatic hydroxyl groups is 2. The molecule has 2 aliphatic rings. The highest BCUT2D eigenvalue weighted by molar-refractivity contribution is 5.91. The molecular weight excluding hydrogens is 616 g/mol.